The molecular weight excluding hydrogens is 250 g/mol. The third-order valence-electron chi connectivity index (χ3n) is 3.47. The maximum absolute atomic E-state index is 11.4. The number of aliphatic hydroxyl groups excluding tert-OH is 1. The molecule has 1 aromatic carbocycles. The summed E-state index contributed by atoms with van der Waals surface area (Å²) < 4.78 is 0. The van der Waals surface area contributed by atoms with Crippen LogP contribution >= 0.6 is 11.8 Å². The van der Waals surface area contributed by atoms with E-state index in [2.05, 4.69) is 5.32 Å². The molecule has 1 fully saturated rings. The van der Waals surface area contributed by atoms with Crippen molar-refractivity contribution in [3.05, 3.63) is 23.8 Å². The number of carbonyl (C=O) groups is 1. The van der Waals surface area contributed by atoms with Crippen LogP contribution in [-0.4, -0.2) is 34.6 Å². The lowest BCUT2D eigenvalue weighted by Gasteiger charge is -2.42. The van der Waals surface area contributed by atoms with Crippen LogP contribution in [0.3, 0.4) is 0 Å². The average molecular weight is 267 g/mol. The standard InChI is InChI=1S/C13H17NO3S/c1-18-10-5-2-4-9(11(10)12(16)17)14-13(8-15)6-3-7-13/h2,4-5,14-15H,3,6-8H2,1H3,(H,16,17). The van der Waals surface area contributed by atoms with Crippen LogP contribution in [0.2, 0.25) is 0 Å². The van der Waals surface area contributed by atoms with Crippen molar-refractivity contribution in [3.8, 4) is 0 Å². The van der Waals surface area contributed by atoms with E-state index in [0.717, 1.165) is 24.2 Å². The summed E-state index contributed by atoms with van der Waals surface area (Å²) >= 11 is 1.41. The lowest BCUT2D eigenvalue weighted by Crippen LogP contribution is -2.48. The molecule has 0 bridgehead atoms. The molecule has 0 atom stereocenters. The number of carboxylic acid groups (broad SMARTS) is 1. The van der Waals surface area contributed by atoms with Crippen molar-refractivity contribution in [1.82, 2.24) is 0 Å². The zero-order valence-electron chi connectivity index (χ0n) is 10.3. The number of benzene rings is 1. The van der Waals surface area contributed by atoms with E-state index in [9.17, 15) is 15.0 Å². The van der Waals surface area contributed by atoms with Crippen molar-refractivity contribution in [2.45, 2.75) is 29.7 Å². The minimum Gasteiger partial charge on any atom is -0.478 e. The van der Waals surface area contributed by atoms with E-state index in [4.69, 9.17) is 0 Å². The molecule has 0 aromatic heterocycles. The molecule has 1 aromatic rings. The van der Waals surface area contributed by atoms with Crippen molar-refractivity contribution in [2.75, 3.05) is 18.2 Å². The summed E-state index contributed by atoms with van der Waals surface area (Å²) in [6, 6.07) is 5.40. The van der Waals surface area contributed by atoms with Crippen molar-refractivity contribution < 1.29 is 15.0 Å². The molecule has 18 heavy (non-hydrogen) atoms. The maximum Gasteiger partial charge on any atom is 0.338 e. The summed E-state index contributed by atoms with van der Waals surface area (Å²) in [6.45, 7) is 0.0373. The van der Waals surface area contributed by atoms with Gasteiger partial charge in [0.05, 0.1) is 23.4 Å². The Hall–Kier alpha value is -1.20. The molecule has 3 N–H and O–H groups in total. The number of thioether (sulfide) groups is 1. The second-order valence-corrected chi connectivity index (χ2v) is 5.45. The number of aliphatic hydroxyl groups is 1. The monoisotopic (exact) mass is 267 g/mol. The Balaban J connectivity index is 2.35. The lowest BCUT2D eigenvalue weighted by atomic mass is 9.77. The minimum atomic E-state index is -0.935. The topological polar surface area (TPSA) is 69.6 Å². The van der Waals surface area contributed by atoms with Gasteiger partial charge in [0.15, 0.2) is 0 Å². The quantitative estimate of drug-likeness (QED) is 0.715. The van der Waals surface area contributed by atoms with E-state index in [1.807, 2.05) is 12.3 Å². The second kappa shape index (κ2) is 5.20. The first-order valence-corrected chi connectivity index (χ1v) is 7.14. The highest BCUT2D eigenvalue weighted by atomic mass is 32.2. The Morgan fingerprint density at radius 3 is 2.67 bits per heavy atom. The molecule has 1 aliphatic rings. The minimum absolute atomic E-state index is 0.0373. The molecule has 1 saturated carbocycles. The largest absolute Gasteiger partial charge is 0.478 e. The van der Waals surface area contributed by atoms with E-state index >= 15 is 0 Å². The van der Waals surface area contributed by atoms with Gasteiger partial charge in [-0.05, 0) is 37.7 Å². The maximum atomic E-state index is 11.4. The van der Waals surface area contributed by atoms with Gasteiger partial charge in [0.2, 0.25) is 0 Å². The second-order valence-electron chi connectivity index (χ2n) is 4.60. The molecule has 0 aliphatic heterocycles. The predicted octanol–water partition coefficient (Wildman–Crippen LogP) is 2.43. The molecule has 1 aliphatic carbocycles. The van der Waals surface area contributed by atoms with Gasteiger partial charge in [0, 0.05) is 4.90 Å². The number of hydrogen-bond donors (Lipinski definition) is 3. The third kappa shape index (κ3) is 2.33. The normalized spacial score (nSPS) is 17.0. The van der Waals surface area contributed by atoms with Gasteiger partial charge in [-0.15, -0.1) is 11.8 Å². The molecule has 0 heterocycles. The molecule has 98 valence electrons. The van der Waals surface area contributed by atoms with E-state index in [-0.39, 0.29) is 12.1 Å². The molecule has 0 amide bonds. The van der Waals surface area contributed by atoms with Gasteiger partial charge in [-0.1, -0.05) is 6.07 Å². The Bertz CT molecular complexity index is 452. The van der Waals surface area contributed by atoms with Crippen LogP contribution in [0, 0.1) is 0 Å². The first-order valence-electron chi connectivity index (χ1n) is 5.91. The molecule has 0 radical (unpaired) electrons. The summed E-state index contributed by atoms with van der Waals surface area (Å²) in [7, 11) is 0. The van der Waals surface area contributed by atoms with Crippen LogP contribution in [0.15, 0.2) is 23.1 Å². The van der Waals surface area contributed by atoms with Crippen molar-refractivity contribution in [1.29, 1.82) is 0 Å². The van der Waals surface area contributed by atoms with E-state index in [1.54, 1.807) is 12.1 Å². The highest BCUT2D eigenvalue weighted by molar-refractivity contribution is 7.98. The molecule has 5 heteroatoms. The van der Waals surface area contributed by atoms with Crippen LogP contribution in [-0.2, 0) is 0 Å². The number of rotatable bonds is 5. The van der Waals surface area contributed by atoms with Gasteiger partial charge < -0.3 is 15.5 Å². The highest BCUT2D eigenvalue weighted by Crippen LogP contribution is 2.37. The fraction of sp³-hybridized carbons (Fsp3) is 0.462. The number of carboxylic acids is 1. The number of anilines is 1. The van der Waals surface area contributed by atoms with Gasteiger partial charge >= 0.3 is 5.97 Å². The summed E-state index contributed by atoms with van der Waals surface area (Å²) in [5, 5.41) is 22.0. The first kappa shape index (κ1) is 13.2. The predicted molar refractivity (Wildman–Crippen MR) is 72.5 cm³/mol. The number of hydrogen-bond acceptors (Lipinski definition) is 4. The van der Waals surface area contributed by atoms with Gasteiger partial charge in [-0.2, -0.15) is 0 Å². The molecule has 0 spiro atoms. The summed E-state index contributed by atoms with van der Waals surface area (Å²) in [6.07, 6.45) is 4.69. The molecule has 4 nitrogen and oxygen atoms in total. The van der Waals surface area contributed by atoms with Gasteiger partial charge in [0.25, 0.3) is 0 Å². The van der Waals surface area contributed by atoms with Crippen LogP contribution in [0.25, 0.3) is 0 Å². The van der Waals surface area contributed by atoms with Crippen LogP contribution in [0.4, 0.5) is 5.69 Å². The average Bonchev–Trinajstić information content (AvgIpc) is 2.33. The van der Waals surface area contributed by atoms with Gasteiger partial charge in [0.1, 0.15) is 0 Å². The Kier molecular flexibility index (Phi) is 3.82. The zero-order chi connectivity index (χ0) is 13.2. The molecular formula is C13H17NO3S. The number of nitrogens with one attached hydrogen (secondary N) is 1. The molecule has 2 rings (SSSR count). The Labute approximate surface area is 110 Å². The highest BCUT2D eigenvalue weighted by Gasteiger charge is 2.37. The summed E-state index contributed by atoms with van der Waals surface area (Å²) in [5.41, 5.74) is 0.564. The van der Waals surface area contributed by atoms with Crippen molar-refractivity contribution in [3.63, 3.8) is 0 Å². The molecule has 0 unspecified atom stereocenters. The van der Waals surface area contributed by atoms with Crippen LogP contribution in [0.1, 0.15) is 29.6 Å². The fourth-order valence-corrected chi connectivity index (χ4v) is 2.85. The first-order chi connectivity index (χ1) is 8.62. The van der Waals surface area contributed by atoms with Gasteiger partial charge in [-0.25, -0.2) is 4.79 Å². The Morgan fingerprint density at radius 2 is 2.22 bits per heavy atom. The van der Waals surface area contributed by atoms with Crippen LogP contribution < -0.4 is 5.32 Å². The van der Waals surface area contributed by atoms with Crippen molar-refractivity contribution >= 4 is 23.4 Å². The van der Waals surface area contributed by atoms with E-state index < -0.39 is 5.97 Å². The summed E-state index contributed by atoms with van der Waals surface area (Å²) in [5.74, 6) is -0.935. The SMILES string of the molecule is CSc1cccc(NC2(CO)CCC2)c1C(=O)O. The number of aromatic carboxylic acids is 1. The zero-order valence-corrected chi connectivity index (χ0v) is 11.1. The Morgan fingerprint density at radius 1 is 1.50 bits per heavy atom. The summed E-state index contributed by atoms with van der Waals surface area (Å²) in [4.78, 5) is 12.1. The van der Waals surface area contributed by atoms with Crippen molar-refractivity contribution in [2.24, 2.45) is 0 Å². The fourth-order valence-electron chi connectivity index (χ4n) is 2.24. The van der Waals surface area contributed by atoms with E-state index in [0.29, 0.717) is 11.3 Å². The smallest absolute Gasteiger partial charge is 0.338 e. The van der Waals surface area contributed by atoms with Crippen LogP contribution in [0.5, 0.6) is 0 Å². The van der Waals surface area contributed by atoms with E-state index in [1.165, 1.54) is 11.8 Å². The third-order valence-corrected chi connectivity index (χ3v) is 4.25. The van der Waals surface area contributed by atoms with Gasteiger partial charge in [-0.3, -0.25) is 0 Å². The lowest BCUT2D eigenvalue weighted by molar-refractivity contribution is 0.0693. The molecule has 0 saturated heterocycles.